The molecule has 0 spiro atoms. The van der Waals surface area contributed by atoms with E-state index in [4.69, 9.17) is 4.98 Å². The van der Waals surface area contributed by atoms with Gasteiger partial charge in [0, 0.05) is 35.9 Å². The molecule has 198 valence electrons. The van der Waals surface area contributed by atoms with Crippen LogP contribution in [0.1, 0.15) is 59.5 Å². The van der Waals surface area contributed by atoms with E-state index in [9.17, 15) is 14.7 Å². The molecule has 1 aliphatic carbocycles. The molecule has 0 saturated heterocycles. The average molecular weight is 533 g/mol. The summed E-state index contributed by atoms with van der Waals surface area (Å²) in [6.45, 7) is 4.24. The number of nitrogens with one attached hydrogen (secondary N) is 3. The van der Waals surface area contributed by atoms with E-state index in [1.807, 2.05) is 42.8 Å². The number of fused-ring (bicyclic) bond motifs is 1. The predicted molar refractivity (Wildman–Crippen MR) is 148 cm³/mol. The van der Waals surface area contributed by atoms with Crippen LogP contribution in [0.25, 0.3) is 16.9 Å². The fourth-order valence-electron chi connectivity index (χ4n) is 4.39. The molecule has 4 N–H and O–H groups in total. The van der Waals surface area contributed by atoms with Gasteiger partial charge in [-0.1, -0.05) is 19.9 Å². The van der Waals surface area contributed by atoms with Crippen LogP contribution in [0.2, 0.25) is 0 Å². The van der Waals surface area contributed by atoms with Gasteiger partial charge in [0.05, 0.1) is 18.2 Å². The molecular weight excluding hydrogens is 500 g/mol. The van der Waals surface area contributed by atoms with Crippen molar-refractivity contribution in [3.05, 3.63) is 70.3 Å². The van der Waals surface area contributed by atoms with Crippen molar-refractivity contribution in [2.24, 2.45) is 5.92 Å². The van der Waals surface area contributed by atoms with Crippen LogP contribution in [0.15, 0.2) is 53.5 Å². The number of carbonyl (C=O) groups excluding carboxylic acids is 2. The normalized spacial score (nSPS) is 14.0. The van der Waals surface area contributed by atoms with Crippen molar-refractivity contribution >= 4 is 34.6 Å². The Morgan fingerprint density at radius 2 is 2.03 bits per heavy atom. The van der Waals surface area contributed by atoms with E-state index in [0.29, 0.717) is 47.5 Å². The van der Waals surface area contributed by atoms with E-state index in [2.05, 4.69) is 20.9 Å². The number of rotatable bonds is 11. The summed E-state index contributed by atoms with van der Waals surface area (Å²) in [7, 11) is 0. The van der Waals surface area contributed by atoms with E-state index in [-0.39, 0.29) is 24.5 Å². The summed E-state index contributed by atoms with van der Waals surface area (Å²) < 4.78 is 1.65. The summed E-state index contributed by atoms with van der Waals surface area (Å²) in [6, 6.07) is 9.34. The molecule has 1 saturated carbocycles. The molecule has 2 amide bonds. The average Bonchev–Trinajstić information content (AvgIpc) is 3.39. The van der Waals surface area contributed by atoms with Gasteiger partial charge in [-0.25, -0.2) is 9.97 Å². The monoisotopic (exact) mass is 532 g/mol. The maximum absolute atomic E-state index is 13.5. The first-order chi connectivity index (χ1) is 18.4. The third-order valence-electron chi connectivity index (χ3n) is 6.42. The Balaban J connectivity index is 1.40. The number of anilines is 1. The summed E-state index contributed by atoms with van der Waals surface area (Å²) in [5.74, 6) is 0.509. The first-order valence-corrected chi connectivity index (χ1v) is 13.8. The van der Waals surface area contributed by atoms with Crippen LogP contribution in [0, 0.1) is 5.92 Å². The van der Waals surface area contributed by atoms with Crippen LogP contribution in [-0.2, 0) is 6.54 Å². The molecule has 1 aliphatic rings. The summed E-state index contributed by atoms with van der Waals surface area (Å²) in [4.78, 5) is 35.9. The second-order valence-corrected chi connectivity index (χ2v) is 10.9. The second kappa shape index (κ2) is 11.3. The Bertz CT molecular complexity index is 1410. The van der Waals surface area contributed by atoms with E-state index < -0.39 is 0 Å². The molecular formula is C28H32N6O3S. The fraction of sp³-hybridized carbons (Fsp3) is 0.357. The Morgan fingerprint density at radius 3 is 2.68 bits per heavy atom. The zero-order valence-electron chi connectivity index (χ0n) is 21.5. The molecule has 0 unspecified atom stereocenters. The van der Waals surface area contributed by atoms with Gasteiger partial charge in [0.15, 0.2) is 5.65 Å². The predicted octanol–water partition coefficient (Wildman–Crippen LogP) is 4.10. The van der Waals surface area contributed by atoms with Gasteiger partial charge in [0.1, 0.15) is 17.2 Å². The standard InChI is InChI=1S/C28H32N6O3S/c1-17(2)12-21(15-35)32-28(37)25-24(19-9-11-38-16-19)33-26-22(4-3-10-34(25)26)27(36)30-14-18-5-8-23(29-13-18)31-20-6-7-20/h3-5,8-11,13,16-17,20-21,35H,6-7,12,14-15H2,1-2H3,(H,29,31)(H,30,36)(H,32,37)/t21-/m0/s1. The SMILES string of the molecule is CC(C)C[C@@H](CO)NC(=O)c1c(-c2ccsc2)nc2c(C(=O)NCc3ccc(NC4CC4)nc3)cccn12. The quantitative estimate of drug-likeness (QED) is 0.231. The van der Waals surface area contributed by atoms with Crippen LogP contribution >= 0.6 is 11.3 Å². The van der Waals surface area contributed by atoms with Gasteiger partial charge in [-0.05, 0) is 60.4 Å². The summed E-state index contributed by atoms with van der Waals surface area (Å²) >= 11 is 1.50. The lowest BCUT2D eigenvalue weighted by Crippen LogP contribution is -2.39. The van der Waals surface area contributed by atoms with Crippen LogP contribution in [0.5, 0.6) is 0 Å². The Morgan fingerprint density at radius 1 is 1.18 bits per heavy atom. The topological polar surface area (TPSA) is 121 Å². The highest BCUT2D eigenvalue weighted by Crippen LogP contribution is 2.28. The lowest BCUT2D eigenvalue weighted by Gasteiger charge is -2.18. The lowest BCUT2D eigenvalue weighted by atomic mass is 10.0. The highest BCUT2D eigenvalue weighted by atomic mass is 32.1. The van der Waals surface area contributed by atoms with Crippen molar-refractivity contribution in [1.82, 2.24) is 25.0 Å². The highest BCUT2D eigenvalue weighted by molar-refractivity contribution is 7.08. The van der Waals surface area contributed by atoms with Gasteiger partial charge in [0.2, 0.25) is 0 Å². The number of nitrogens with zero attached hydrogens (tertiary/aromatic N) is 3. The molecule has 4 aromatic rings. The third kappa shape index (κ3) is 5.87. The number of thiophene rings is 1. The van der Waals surface area contributed by atoms with Crippen LogP contribution in [-0.4, -0.2) is 50.0 Å². The smallest absolute Gasteiger partial charge is 0.270 e. The summed E-state index contributed by atoms with van der Waals surface area (Å²) in [5, 5.41) is 22.9. The number of aliphatic hydroxyl groups is 1. The molecule has 0 aromatic carbocycles. The Kier molecular flexibility index (Phi) is 7.71. The molecule has 0 radical (unpaired) electrons. The molecule has 4 aromatic heterocycles. The minimum atomic E-state index is -0.380. The lowest BCUT2D eigenvalue weighted by molar-refractivity contribution is 0.0901. The molecule has 0 bridgehead atoms. The first-order valence-electron chi connectivity index (χ1n) is 12.9. The van der Waals surface area contributed by atoms with E-state index in [0.717, 1.165) is 16.9 Å². The number of imidazole rings is 1. The number of aliphatic hydroxyl groups excluding tert-OH is 1. The Labute approximate surface area is 225 Å². The number of hydrogen-bond acceptors (Lipinski definition) is 7. The van der Waals surface area contributed by atoms with Crippen LogP contribution < -0.4 is 16.0 Å². The molecule has 1 atom stereocenters. The van der Waals surface area contributed by atoms with Gasteiger partial charge in [-0.2, -0.15) is 11.3 Å². The van der Waals surface area contributed by atoms with Gasteiger partial charge in [-0.15, -0.1) is 0 Å². The minimum Gasteiger partial charge on any atom is -0.394 e. The molecule has 4 heterocycles. The third-order valence-corrected chi connectivity index (χ3v) is 7.11. The molecule has 38 heavy (non-hydrogen) atoms. The van der Waals surface area contributed by atoms with Gasteiger partial charge in [0.25, 0.3) is 11.8 Å². The highest BCUT2D eigenvalue weighted by Gasteiger charge is 2.26. The van der Waals surface area contributed by atoms with E-state index >= 15 is 0 Å². The zero-order chi connectivity index (χ0) is 26.6. The molecule has 9 nitrogen and oxygen atoms in total. The number of amides is 2. The van der Waals surface area contributed by atoms with E-state index in [1.165, 1.54) is 24.2 Å². The number of carbonyl (C=O) groups is 2. The number of aromatic nitrogens is 3. The maximum Gasteiger partial charge on any atom is 0.270 e. The van der Waals surface area contributed by atoms with E-state index in [1.54, 1.807) is 28.9 Å². The van der Waals surface area contributed by atoms with Crippen molar-refractivity contribution < 1.29 is 14.7 Å². The van der Waals surface area contributed by atoms with Gasteiger partial charge >= 0.3 is 0 Å². The van der Waals surface area contributed by atoms with Crippen molar-refractivity contribution in [2.75, 3.05) is 11.9 Å². The van der Waals surface area contributed by atoms with Gasteiger partial charge < -0.3 is 21.1 Å². The van der Waals surface area contributed by atoms with Gasteiger partial charge in [-0.3, -0.25) is 14.0 Å². The molecule has 5 rings (SSSR count). The molecule has 1 fully saturated rings. The van der Waals surface area contributed by atoms with Crippen molar-refractivity contribution in [2.45, 2.75) is 51.7 Å². The van der Waals surface area contributed by atoms with Crippen LogP contribution in [0.3, 0.4) is 0 Å². The number of hydrogen-bond donors (Lipinski definition) is 4. The van der Waals surface area contributed by atoms with Crippen molar-refractivity contribution in [3.8, 4) is 11.3 Å². The van der Waals surface area contributed by atoms with Crippen molar-refractivity contribution in [3.63, 3.8) is 0 Å². The zero-order valence-corrected chi connectivity index (χ0v) is 22.3. The maximum atomic E-state index is 13.5. The summed E-state index contributed by atoms with van der Waals surface area (Å²) in [5.41, 5.74) is 3.26. The molecule has 0 aliphatic heterocycles. The summed E-state index contributed by atoms with van der Waals surface area (Å²) in [6.07, 6.45) is 6.49. The second-order valence-electron chi connectivity index (χ2n) is 10.1. The number of pyridine rings is 2. The molecule has 10 heteroatoms. The fourth-order valence-corrected chi connectivity index (χ4v) is 5.03. The minimum absolute atomic E-state index is 0.158. The van der Waals surface area contributed by atoms with Crippen LogP contribution in [0.4, 0.5) is 5.82 Å². The Hall–Kier alpha value is -3.76. The first kappa shape index (κ1) is 25.9. The van der Waals surface area contributed by atoms with Crippen molar-refractivity contribution in [1.29, 1.82) is 0 Å². The largest absolute Gasteiger partial charge is 0.394 e.